The van der Waals surface area contributed by atoms with Crippen LogP contribution in [0.3, 0.4) is 0 Å². The predicted molar refractivity (Wildman–Crippen MR) is 101 cm³/mol. The van der Waals surface area contributed by atoms with Crippen molar-refractivity contribution in [1.82, 2.24) is 19.9 Å². The quantitative estimate of drug-likeness (QED) is 0.560. The van der Waals surface area contributed by atoms with Crippen LogP contribution in [-0.2, 0) is 13.2 Å². The third kappa shape index (κ3) is 3.83. The summed E-state index contributed by atoms with van der Waals surface area (Å²) in [4.78, 5) is 16.6. The Labute approximate surface area is 160 Å². The number of nitrogens with one attached hydrogen (secondary N) is 1. The molecule has 0 unspecified atom stereocenters. The van der Waals surface area contributed by atoms with Gasteiger partial charge in [0.15, 0.2) is 5.65 Å². The van der Waals surface area contributed by atoms with Gasteiger partial charge in [-0.1, -0.05) is 36.4 Å². The lowest BCUT2D eigenvalue weighted by Gasteiger charge is -2.10. The zero-order valence-electron chi connectivity index (χ0n) is 14.9. The average molecular weight is 376 g/mol. The van der Waals surface area contributed by atoms with Crippen LogP contribution >= 0.6 is 0 Å². The molecule has 2 heterocycles. The van der Waals surface area contributed by atoms with Crippen molar-refractivity contribution in [2.45, 2.75) is 13.2 Å². The Bertz CT molecular complexity index is 1130. The zero-order valence-corrected chi connectivity index (χ0v) is 14.9. The molecule has 0 aliphatic carbocycles. The lowest BCUT2D eigenvalue weighted by molar-refractivity contribution is 0.0943. The zero-order chi connectivity index (χ0) is 19.3. The Morgan fingerprint density at radius 1 is 1.07 bits per heavy atom. The molecule has 0 aliphatic rings. The van der Waals surface area contributed by atoms with Gasteiger partial charge in [-0.25, -0.2) is 13.9 Å². The number of amides is 1. The van der Waals surface area contributed by atoms with Crippen molar-refractivity contribution in [2.75, 3.05) is 0 Å². The molecular weight excluding hydrogens is 359 g/mol. The van der Waals surface area contributed by atoms with E-state index in [0.717, 1.165) is 5.56 Å². The Morgan fingerprint density at radius 2 is 1.93 bits per heavy atom. The number of pyridine rings is 1. The van der Waals surface area contributed by atoms with Crippen LogP contribution in [0.4, 0.5) is 4.39 Å². The van der Waals surface area contributed by atoms with E-state index in [2.05, 4.69) is 15.4 Å². The van der Waals surface area contributed by atoms with Crippen LogP contribution in [0.2, 0.25) is 0 Å². The molecule has 0 radical (unpaired) electrons. The fraction of sp³-hybridized carbons (Fsp3) is 0.0952. The van der Waals surface area contributed by atoms with Gasteiger partial charge in [0.1, 0.15) is 30.2 Å². The second kappa shape index (κ2) is 7.87. The fourth-order valence-corrected chi connectivity index (χ4v) is 2.81. The average Bonchev–Trinajstić information content (AvgIpc) is 3.21. The Balaban J connectivity index is 1.40. The van der Waals surface area contributed by atoms with Gasteiger partial charge in [0, 0.05) is 12.1 Å². The number of hydrogen-bond acceptors (Lipinski definition) is 4. The molecular formula is C21H17FN4O2. The topological polar surface area (TPSA) is 68.5 Å². The van der Waals surface area contributed by atoms with Crippen molar-refractivity contribution < 1.29 is 13.9 Å². The molecule has 0 atom stereocenters. The van der Waals surface area contributed by atoms with Gasteiger partial charge >= 0.3 is 0 Å². The first-order chi connectivity index (χ1) is 13.7. The van der Waals surface area contributed by atoms with E-state index in [1.54, 1.807) is 42.5 Å². The Hall–Kier alpha value is -3.74. The van der Waals surface area contributed by atoms with Gasteiger partial charge in [-0.3, -0.25) is 4.79 Å². The molecule has 0 spiro atoms. The van der Waals surface area contributed by atoms with Gasteiger partial charge in [-0.15, -0.1) is 0 Å². The van der Waals surface area contributed by atoms with Gasteiger partial charge in [0.2, 0.25) is 0 Å². The van der Waals surface area contributed by atoms with E-state index in [1.165, 1.54) is 16.9 Å². The highest BCUT2D eigenvalue weighted by Gasteiger charge is 2.11. The summed E-state index contributed by atoms with van der Waals surface area (Å²) in [7, 11) is 0. The predicted octanol–water partition coefficient (Wildman–Crippen LogP) is 3.38. The summed E-state index contributed by atoms with van der Waals surface area (Å²) >= 11 is 0. The Kier molecular flexibility index (Phi) is 4.97. The molecule has 0 saturated heterocycles. The van der Waals surface area contributed by atoms with Crippen molar-refractivity contribution in [1.29, 1.82) is 0 Å². The summed E-state index contributed by atoms with van der Waals surface area (Å²) in [6.45, 7) is 0.456. The second-order valence-corrected chi connectivity index (χ2v) is 6.15. The summed E-state index contributed by atoms with van der Waals surface area (Å²) in [5.74, 6) is 0.0513. The van der Waals surface area contributed by atoms with Crippen LogP contribution in [0.15, 0.2) is 73.1 Å². The van der Waals surface area contributed by atoms with Crippen LogP contribution in [0.5, 0.6) is 5.75 Å². The summed E-state index contributed by atoms with van der Waals surface area (Å²) in [5.41, 5.74) is 2.37. The molecule has 0 fully saturated rings. The maximum absolute atomic E-state index is 13.7. The number of nitrogens with zero attached hydrogens (tertiary/aromatic N) is 3. The molecule has 28 heavy (non-hydrogen) atoms. The number of fused-ring (bicyclic) bond motifs is 1. The van der Waals surface area contributed by atoms with Crippen molar-refractivity contribution in [3.63, 3.8) is 0 Å². The molecule has 6 nitrogen and oxygen atoms in total. The number of aromatic nitrogens is 3. The van der Waals surface area contributed by atoms with Crippen LogP contribution in [0.25, 0.3) is 5.65 Å². The van der Waals surface area contributed by atoms with Crippen molar-refractivity contribution in [3.05, 3.63) is 95.7 Å². The van der Waals surface area contributed by atoms with E-state index in [0.29, 0.717) is 29.2 Å². The number of rotatable bonds is 6. The van der Waals surface area contributed by atoms with E-state index in [1.807, 2.05) is 18.2 Å². The fourth-order valence-electron chi connectivity index (χ4n) is 2.81. The summed E-state index contributed by atoms with van der Waals surface area (Å²) < 4.78 is 20.9. The number of hydrogen-bond donors (Lipinski definition) is 1. The van der Waals surface area contributed by atoms with Crippen LogP contribution in [-0.4, -0.2) is 20.5 Å². The highest BCUT2D eigenvalue weighted by atomic mass is 19.1. The smallest absolute Gasteiger partial charge is 0.270 e. The van der Waals surface area contributed by atoms with Gasteiger partial charge in [-0.2, -0.15) is 5.10 Å². The van der Waals surface area contributed by atoms with Crippen molar-refractivity contribution in [3.8, 4) is 5.75 Å². The minimum absolute atomic E-state index is 0.136. The number of benzene rings is 2. The molecule has 4 aromatic rings. The van der Waals surface area contributed by atoms with E-state index in [9.17, 15) is 9.18 Å². The second-order valence-electron chi connectivity index (χ2n) is 6.15. The first kappa shape index (κ1) is 17.7. The van der Waals surface area contributed by atoms with Crippen LogP contribution in [0.1, 0.15) is 21.6 Å². The third-order valence-corrected chi connectivity index (χ3v) is 4.24. The van der Waals surface area contributed by atoms with Crippen molar-refractivity contribution in [2.24, 2.45) is 0 Å². The molecule has 0 aliphatic heterocycles. The van der Waals surface area contributed by atoms with Gasteiger partial charge in [-0.05, 0) is 35.9 Å². The summed E-state index contributed by atoms with van der Waals surface area (Å²) in [6.07, 6.45) is 1.41. The number of halogens is 1. The van der Waals surface area contributed by atoms with E-state index >= 15 is 0 Å². The number of ether oxygens (including phenoxy) is 1. The minimum atomic E-state index is -0.298. The van der Waals surface area contributed by atoms with E-state index < -0.39 is 0 Å². The third-order valence-electron chi connectivity index (χ3n) is 4.24. The maximum atomic E-state index is 13.7. The number of carbonyl (C=O) groups is 1. The van der Waals surface area contributed by atoms with E-state index in [4.69, 9.17) is 4.74 Å². The lowest BCUT2D eigenvalue weighted by Crippen LogP contribution is -2.25. The van der Waals surface area contributed by atoms with E-state index in [-0.39, 0.29) is 18.3 Å². The largest absolute Gasteiger partial charge is 0.489 e. The maximum Gasteiger partial charge on any atom is 0.270 e. The molecule has 2 aromatic carbocycles. The number of carbonyl (C=O) groups excluding carboxylic acids is 1. The minimum Gasteiger partial charge on any atom is -0.489 e. The molecule has 2 aromatic heterocycles. The molecule has 1 amide bonds. The summed E-state index contributed by atoms with van der Waals surface area (Å²) in [5, 5.41) is 6.93. The molecule has 140 valence electrons. The van der Waals surface area contributed by atoms with Gasteiger partial charge in [0.25, 0.3) is 5.91 Å². The summed E-state index contributed by atoms with van der Waals surface area (Å²) in [6, 6.07) is 19.0. The standard InChI is InChI=1S/C21H17FN4O2/c22-18-8-2-1-6-16(18)13-28-17-7-3-5-15(11-17)12-23-21(27)19-9-4-10-20-24-14-25-26(19)20/h1-11,14H,12-13H2,(H,23,27). The lowest BCUT2D eigenvalue weighted by atomic mass is 10.2. The highest BCUT2D eigenvalue weighted by Crippen LogP contribution is 2.16. The molecule has 0 bridgehead atoms. The normalized spacial score (nSPS) is 10.8. The van der Waals surface area contributed by atoms with Gasteiger partial charge in [0.05, 0.1) is 0 Å². The highest BCUT2D eigenvalue weighted by molar-refractivity contribution is 5.93. The molecule has 7 heteroatoms. The van der Waals surface area contributed by atoms with Gasteiger partial charge < -0.3 is 10.1 Å². The monoisotopic (exact) mass is 376 g/mol. The Morgan fingerprint density at radius 3 is 2.82 bits per heavy atom. The van der Waals surface area contributed by atoms with Crippen molar-refractivity contribution >= 4 is 11.6 Å². The van der Waals surface area contributed by atoms with Crippen LogP contribution < -0.4 is 10.1 Å². The molecule has 4 rings (SSSR count). The molecule has 0 saturated carbocycles. The van der Waals surface area contributed by atoms with Crippen LogP contribution in [0, 0.1) is 5.82 Å². The first-order valence-corrected chi connectivity index (χ1v) is 8.73. The SMILES string of the molecule is O=C(NCc1cccc(OCc2ccccc2F)c1)c1cccc2ncnn12. The molecule has 1 N–H and O–H groups in total. The first-order valence-electron chi connectivity index (χ1n) is 8.73.